The molecule has 2 bridgehead atoms. The topological polar surface area (TPSA) is 56.8 Å². The van der Waals surface area contributed by atoms with Crippen LogP contribution in [-0.2, 0) is 9.59 Å². The van der Waals surface area contributed by atoms with Crippen molar-refractivity contribution < 1.29 is 9.59 Å². The van der Waals surface area contributed by atoms with Crippen LogP contribution in [0.2, 0.25) is 0 Å². The van der Waals surface area contributed by atoms with Crippen LogP contribution in [0, 0.1) is 34.5 Å². The van der Waals surface area contributed by atoms with Gasteiger partial charge in [0.2, 0.25) is 11.8 Å². The number of amides is 2. The van der Waals surface area contributed by atoms with E-state index in [1.807, 2.05) is 0 Å². The Morgan fingerprint density at radius 3 is 2.25 bits per heavy atom. The van der Waals surface area contributed by atoms with Crippen molar-refractivity contribution in [2.45, 2.75) is 51.4 Å². The van der Waals surface area contributed by atoms with Gasteiger partial charge in [0.15, 0.2) is 0 Å². The average Bonchev–Trinajstić information content (AvgIpc) is 3.21. The van der Waals surface area contributed by atoms with Crippen LogP contribution in [0.5, 0.6) is 0 Å². The summed E-state index contributed by atoms with van der Waals surface area (Å²) in [4.78, 5) is 34.1. The van der Waals surface area contributed by atoms with Gasteiger partial charge in [-0.3, -0.25) is 19.4 Å². The first-order chi connectivity index (χ1) is 17.6. The fraction of sp³-hybridized carbons (Fsp3) is 0.690. The summed E-state index contributed by atoms with van der Waals surface area (Å²) in [5, 5.41) is 1.28. The zero-order valence-electron chi connectivity index (χ0n) is 21.0. The number of nitrogens with zero attached hydrogens (tertiary/aromatic N) is 4. The number of likely N-dealkylation sites (tertiary alicyclic amines) is 1. The number of imide groups is 1. The molecule has 6 unspecified atom stereocenters. The largest absolute Gasteiger partial charge is 0.353 e. The van der Waals surface area contributed by atoms with Crippen LogP contribution < -0.4 is 4.90 Å². The number of carbonyl (C=O) groups excluding carboxylic acids is 2. The van der Waals surface area contributed by atoms with Gasteiger partial charge in [-0.2, -0.15) is 4.37 Å². The number of carbonyl (C=O) groups is 2. The highest BCUT2D eigenvalue weighted by Gasteiger charge is 2.90. The van der Waals surface area contributed by atoms with Gasteiger partial charge in [-0.15, -0.1) is 0 Å². The molecule has 8 rings (SSSR count). The fourth-order valence-electron chi connectivity index (χ4n) is 9.49. The molecule has 0 spiro atoms. The smallest absolute Gasteiger partial charge is 0.236 e. The van der Waals surface area contributed by atoms with E-state index in [4.69, 9.17) is 4.37 Å². The molecule has 0 radical (unpaired) electrons. The van der Waals surface area contributed by atoms with Gasteiger partial charge < -0.3 is 4.90 Å². The Morgan fingerprint density at radius 1 is 0.861 bits per heavy atom. The zero-order chi connectivity index (χ0) is 24.1. The van der Waals surface area contributed by atoms with Crippen molar-refractivity contribution >= 4 is 39.3 Å². The minimum atomic E-state index is -0.257. The van der Waals surface area contributed by atoms with Crippen LogP contribution in [0.1, 0.15) is 51.4 Å². The molecule has 0 N–H and O–H groups in total. The summed E-state index contributed by atoms with van der Waals surface area (Å²) in [7, 11) is 0. The Balaban J connectivity index is 0.930. The lowest BCUT2D eigenvalue weighted by Crippen LogP contribution is -2.50. The third-order valence-corrected chi connectivity index (χ3v) is 12.1. The Kier molecular flexibility index (Phi) is 4.75. The van der Waals surface area contributed by atoms with Gasteiger partial charge in [0.05, 0.1) is 15.5 Å². The van der Waals surface area contributed by atoms with E-state index < -0.39 is 0 Å². The molecule has 6 atom stereocenters. The Bertz CT molecular complexity index is 1200. The maximum absolute atomic E-state index is 13.6. The minimum Gasteiger partial charge on any atom is -0.353 e. The number of hydrogen-bond acceptors (Lipinski definition) is 6. The van der Waals surface area contributed by atoms with Crippen LogP contribution in [-0.4, -0.2) is 65.3 Å². The molecule has 6 aliphatic rings. The van der Waals surface area contributed by atoms with Crippen molar-refractivity contribution in [3.05, 3.63) is 24.3 Å². The van der Waals surface area contributed by atoms with Gasteiger partial charge >= 0.3 is 0 Å². The summed E-state index contributed by atoms with van der Waals surface area (Å²) >= 11 is 1.60. The van der Waals surface area contributed by atoms with E-state index in [0.717, 1.165) is 51.4 Å². The van der Waals surface area contributed by atoms with E-state index in [2.05, 4.69) is 34.1 Å². The first kappa shape index (κ1) is 22.0. The minimum absolute atomic E-state index is 0.230. The Labute approximate surface area is 217 Å². The van der Waals surface area contributed by atoms with E-state index in [0.29, 0.717) is 30.2 Å². The highest BCUT2D eigenvalue weighted by atomic mass is 32.1. The molecule has 2 aliphatic heterocycles. The van der Waals surface area contributed by atoms with Gasteiger partial charge in [0.25, 0.3) is 0 Å². The van der Waals surface area contributed by atoms with Crippen LogP contribution >= 0.6 is 11.5 Å². The predicted molar refractivity (Wildman–Crippen MR) is 141 cm³/mol. The first-order valence-corrected chi connectivity index (χ1v) is 15.1. The summed E-state index contributed by atoms with van der Waals surface area (Å²) in [6, 6.07) is 8.55. The van der Waals surface area contributed by atoms with Crippen molar-refractivity contribution in [1.29, 1.82) is 0 Å². The standard InChI is InChI=1S/C29H36N4O2S/c34-26-28-18-29(28,22-10-9-21(28)15-22)27(35)33(26)17-20-6-2-1-5-19(20)16-31-11-13-32(14-12-31)25-23-7-3-4-8-24(23)36-30-25/h3-4,7-8,19-22H,1-2,5-6,9-18H2. The van der Waals surface area contributed by atoms with Crippen molar-refractivity contribution in [2.75, 3.05) is 44.2 Å². The fourth-order valence-corrected chi connectivity index (χ4v) is 10.3. The molecule has 7 heteroatoms. The molecule has 1 aromatic carbocycles. The number of fused-ring (bicyclic) bond motifs is 3. The number of benzene rings is 1. The summed E-state index contributed by atoms with van der Waals surface area (Å²) in [6.07, 6.45) is 9.30. The molecule has 3 heterocycles. The highest BCUT2D eigenvalue weighted by Crippen LogP contribution is 2.85. The maximum atomic E-state index is 13.6. The highest BCUT2D eigenvalue weighted by molar-refractivity contribution is 7.13. The van der Waals surface area contributed by atoms with E-state index in [9.17, 15) is 9.59 Å². The summed E-state index contributed by atoms with van der Waals surface area (Å²) in [5.74, 6) is 3.66. The number of aromatic nitrogens is 1. The van der Waals surface area contributed by atoms with Crippen molar-refractivity contribution in [2.24, 2.45) is 34.5 Å². The third-order valence-electron chi connectivity index (χ3n) is 11.3. The molecule has 4 aliphatic carbocycles. The third kappa shape index (κ3) is 2.79. The molecule has 1 aromatic heterocycles. The number of rotatable bonds is 5. The van der Waals surface area contributed by atoms with Gasteiger partial charge in [0.1, 0.15) is 5.82 Å². The van der Waals surface area contributed by atoms with Crippen molar-refractivity contribution in [3.63, 3.8) is 0 Å². The van der Waals surface area contributed by atoms with Gasteiger partial charge in [-0.05, 0) is 85.9 Å². The lowest BCUT2D eigenvalue weighted by molar-refractivity contribution is -0.146. The van der Waals surface area contributed by atoms with Crippen LogP contribution in [0.15, 0.2) is 24.3 Å². The molecule has 2 amide bonds. The first-order valence-electron chi connectivity index (χ1n) is 14.3. The molecule has 6 fully saturated rings. The molecule has 6 nitrogen and oxygen atoms in total. The second-order valence-corrected chi connectivity index (χ2v) is 13.4. The van der Waals surface area contributed by atoms with Crippen molar-refractivity contribution in [3.8, 4) is 0 Å². The predicted octanol–water partition coefficient (Wildman–Crippen LogP) is 4.40. The van der Waals surface area contributed by atoms with Crippen LogP contribution in [0.25, 0.3) is 10.1 Å². The van der Waals surface area contributed by atoms with E-state index in [-0.39, 0.29) is 22.6 Å². The molecule has 2 saturated heterocycles. The maximum Gasteiger partial charge on any atom is 0.236 e. The summed E-state index contributed by atoms with van der Waals surface area (Å²) in [6.45, 7) is 5.95. The summed E-state index contributed by atoms with van der Waals surface area (Å²) < 4.78 is 6.03. The molecule has 190 valence electrons. The normalized spacial score (nSPS) is 39.8. The molecule has 36 heavy (non-hydrogen) atoms. The van der Waals surface area contributed by atoms with E-state index in [1.54, 1.807) is 16.4 Å². The summed E-state index contributed by atoms with van der Waals surface area (Å²) in [5.41, 5.74) is -0.513. The quantitative estimate of drug-likeness (QED) is 0.565. The van der Waals surface area contributed by atoms with Crippen molar-refractivity contribution in [1.82, 2.24) is 14.2 Å². The molecule has 4 saturated carbocycles. The number of anilines is 1. The van der Waals surface area contributed by atoms with Gasteiger partial charge in [0, 0.05) is 44.7 Å². The number of piperazine rings is 1. The lowest BCUT2D eigenvalue weighted by atomic mass is 9.78. The Hall–Kier alpha value is -1.99. The zero-order valence-corrected chi connectivity index (χ0v) is 21.8. The monoisotopic (exact) mass is 504 g/mol. The number of hydrogen-bond donors (Lipinski definition) is 0. The Morgan fingerprint density at radius 2 is 1.53 bits per heavy atom. The number of piperidine rings is 1. The molecule has 2 aromatic rings. The lowest BCUT2D eigenvalue weighted by Gasteiger charge is -2.41. The van der Waals surface area contributed by atoms with Gasteiger partial charge in [-0.25, -0.2) is 0 Å². The average molecular weight is 505 g/mol. The van der Waals surface area contributed by atoms with E-state index >= 15 is 0 Å². The molecular formula is C29H36N4O2S. The van der Waals surface area contributed by atoms with Crippen LogP contribution in [0.4, 0.5) is 5.82 Å². The second kappa shape index (κ2) is 7.76. The second-order valence-electron chi connectivity index (χ2n) is 12.6. The molecular weight excluding hydrogens is 468 g/mol. The van der Waals surface area contributed by atoms with E-state index in [1.165, 1.54) is 48.6 Å². The SMILES string of the molecule is O=C1N(CC2CCCCC2CN2CCN(c3nsc4ccccc34)CC2)C(=O)C23CC12C1CCC3C1. The van der Waals surface area contributed by atoms with Crippen LogP contribution in [0.3, 0.4) is 0 Å². The van der Waals surface area contributed by atoms with Gasteiger partial charge in [-0.1, -0.05) is 25.0 Å².